The van der Waals surface area contributed by atoms with Gasteiger partial charge in [0.15, 0.2) is 6.29 Å². The number of para-hydroxylation sites is 2. The fourth-order valence-electron chi connectivity index (χ4n) is 3.17. The lowest BCUT2D eigenvalue weighted by Gasteiger charge is -2.11. The molecule has 0 fully saturated rings. The van der Waals surface area contributed by atoms with Crippen molar-refractivity contribution >= 4 is 33.8 Å². The van der Waals surface area contributed by atoms with Crippen molar-refractivity contribution in [2.45, 2.75) is 13.2 Å². The van der Waals surface area contributed by atoms with Crippen LogP contribution in [0.3, 0.4) is 0 Å². The van der Waals surface area contributed by atoms with Gasteiger partial charge < -0.3 is 15.5 Å². The Morgan fingerprint density at radius 2 is 1.86 bits per heavy atom. The summed E-state index contributed by atoms with van der Waals surface area (Å²) >= 11 is 1.39. The van der Waals surface area contributed by atoms with Gasteiger partial charge in [-0.25, -0.2) is 0 Å². The Bertz CT molecular complexity index is 1160. The summed E-state index contributed by atoms with van der Waals surface area (Å²) in [6.07, 6.45) is 0.110. The number of amides is 1. The molecule has 140 valence electrons. The van der Waals surface area contributed by atoms with Crippen molar-refractivity contribution in [1.29, 1.82) is 0 Å². The largest absolute Gasteiger partial charge is 0.364 e. The van der Waals surface area contributed by atoms with Crippen LogP contribution in [0, 0.1) is 6.92 Å². The van der Waals surface area contributed by atoms with Gasteiger partial charge in [0.25, 0.3) is 5.91 Å². The second-order valence-corrected chi connectivity index (χ2v) is 7.47. The first kappa shape index (κ1) is 18.3. The lowest BCUT2D eigenvalue weighted by atomic mass is 10.1. The van der Waals surface area contributed by atoms with E-state index in [9.17, 15) is 15.0 Å². The maximum atomic E-state index is 12.8. The minimum absolute atomic E-state index is 0.252. The first-order chi connectivity index (χ1) is 13.5. The number of aromatic nitrogens is 1. The van der Waals surface area contributed by atoms with Gasteiger partial charge in [-0.05, 0) is 30.7 Å². The number of carbonyl (C=O) groups is 1. The first-order valence-electron chi connectivity index (χ1n) is 8.75. The molecule has 2 heterocycles. The fourth-order valence-corrected chi connectivity index (χ4v) is 4.26. The second kappa shape index (κ2) is 7.52. The van der Waals surface area contributed by atoms with Gasteiger partial charge in [0.2, 0.25) is 0 Å². The molecular formula is C22H18N2O3S. The van der Waals surface area contributed by atoms with Crippen molar-refractivity contribution in [3.8, 4) is 10.4 Å². The molecule has 0 saturated heterocycles. The molecule has 0 aliphatic rings. The SMILES string of the molecule is Cc1cc(C(=O)Nc2ccccc2C(O)O)sc1-c1cccc2cccnc12. The number of hydrogen-bond donors (Lipinski definition) is 3. The molecule has 0 atom stereocenters. The van der Waals surface area contributed by atoms with Crippen molar-refractivity contribution in [1.82, 2.24) is 4.98 Å². The van der Waals surface area contributed by atoms with Crippen molar-refractivity contribution in [2.24, 2.45) is 0 Å². The summed E-state index contributed by atoms with van der Waals surface area (Å²) in [5.74, 6) is -0.291. The predicted molar refractivity (Wildman–Crippen MR) is 111 cm³/mol. The molecule has 5 nitrogen and oxygen atoms in total. The Labute approximate surface area is 165 Å². The number of anilines is 1. The van der Waals surface area contributed by atoms with Gasteiger partial charge in [0, 0.05) is 33.3 Å². The molecule has 2 aromatic heterocycles. The number of fused-ring (bicyclic) bond motifs is 1. The molecule has 0 radical (unpaired) electrons. The molecule has 2 aromatic carbocycles. The maximum absolute atomic E-state index is 12.8. The number of rotatable bonds is 4. The fraction of sp³-hybridized carbons (Fsp3) is 0.0909. The second-order valence-electron chi connectivity index (χ2n) is 6.42. The monoisotopic (exact) mass is 390 g/mol. The lowest BCUT2D eigenvalue weighted by molar-refractivity contribution is -0.0418. The number of aryl methyl sites for hydroxylation is 1. The van der Waals surface area contributed by atoms with Gasteiger partial charge in [0.1, 0.15) is 0 Å². The number of aliphatic hydroxyl groups is 2. The number of benzene rings is 2. The van der Waals surface area contributed by atoms with Crippen LogP contribution in [0.1, 0.15) is 27.1 Å². The maximum Gasteiger partial charge on any atom is 0.265 e. The van der Waals surface area contributed by atoms with Crippen molar-refractivity contribution in [2.75, 3.05) is 5.32 Å². The molecule has 0 unspecified atom stereocenters. The Morgan fingerprint density at radius 3 is 2.68 bits per heavy atom. The minimum atomic E-state index is -1.65. The first-order valence-corrected chi connectivity index (χ1v) is 9.57. The number of nitrogens with one attached hydrogen (secondary N) is 1. The summed E-state index contributed by atoms with van der Waals surface area (Å²) in [5, 5.41) is 22.8. The lowest BCUT2D eigenvalue weighted by Crippen LogP contribution is -2.13. The summed E-state index contributed by atoms with van der Waals surface area (Å²) in [7, 11) is 0. The molecule has 0 aliphatic heterocycles. The Morgan fingerprint density at radius 1 is 1.07 bits per heavy atom. The zero-order valence-corrected chi connectivity index (χ0v) is 15.9. The van der Waals surface area contributed by atoms with E-state index in [1.165, 1.54) is 11.3 Å². The standard InChI is InChI=1S/C22H18N2O3S/c1-13-12-18(21(25)24-17-10-3-2-8-15(17)22(26)27)28-20(13)16-9-4-6-14-7-5-11-23-19(14)16/h2-12,22,26-27H,1H3,(H,24,25). The molecule has 1 amide bonds. The van der Waals surface area contributed by atoms with E-state index in [4.69, 9.17) is 0 Å². The molecule has 0 saturated carbocycles. The summed E-state index contributed by atoms with van der Waals surface area (Å²) in [6.45, 7) is 1.97. The molecule has 3 N–H and O–H groups in total. The number of thiophene rings is 1. The third kappa shape index (κ3) is 3.41. The van der Waals surface area contributed by atoms with Crippen molar-refractivity contribution in [3.63, 3.8) is 0 Å². The van der Waals surface area contributed by atoms with Crippen molar-refractivity contribution < 1.29 is 15.0 Å². The molecule has 0 bridgehead atoms. The Kier molecular flexibility index (Phi) is 4.92. The van der Waals surface area contributed by atoms with E-state index in [-0.39, 0.29) is 11.5 Å². The minimum Gasteiger partial charge on any atom is -0.364 e. The van der Waals surface area contributed by atoms with E-state index in [2.05, 4.69) is 10.3 Å². The van der Waals surface area contributed by atoms with E-state index in [1.54, 1.807) is 30.5 Å². The van der Waals surface area contributed by atoms with Crippen LogP contribution in [0.4, 0.5) is 5.69 Å². The normalized spacial score (nSPS) is 11.1. The number of hydrogen-bond acceptors (Lipinski definition) is 5. The highest BCUT2D eigenvalue weighted by Gasteiger charge is 2.18. The van der Waals surface area contributed by atoms with Crippen LogP contribution in [0.15, 0.2) is 66.9 Å². The molecule has 6 heteroatoms. The van der Waals surface area contributed by atoms with Gasteiger partial charge in [-0.3, -0.25) is 9.78 Å². The van der Waals surface area contributed by atoms with E-state index >= 15 is 0 Å². The van der Waals surface area contributed by atoms with Crippen LogP contribution >= 0.6 is 11.3 Å². The zero-order chi connectivity index (χ0) is 19.7. The average Bonchev–Trinajstić information content (AvgIpc) is 3.09. The predicted octanol–water partition coefficient (Wildman–Crippen LogP) is 4.51. The Balaban J connectivity index is 1.69. The third-order valence-electron chi connectivity index (χ3n) is 4.51. The van der Waals surface area contributed by atoms with Crippen LogP contribution in [0.5, 0.6) is 0 Å². The van der Waals surface area contributed by atoms with E-state index in [1.807, 2.05) is 43.3 Å². The number of nitrogens with zero attached hydrogens (tertiary/aromatic N) is 1. The smallest absolute Gasteiger partial charge is 0.265 e. The zero-order valence-electron chi connectivity index (χ0n) is 15.1. The number of aliphatic hydroxyl groups excluding tert-OH is 1. The number of carbonyl (C=O) groups excluding carboxylic acids is 1. The third-order valence-corrected chi connectivity index (χ3v) is 5.78. The van der Waals surface area contributed by atoms with Crippen LogP contribution in [-0.2, 0) is 0 Å². The molecule has 0 spiro atoms. The van der Waals surface area contributed by atoms with E-state index in [0.717, 1.165) is 26.9 Å². The quantitative estimate of drug-likeness (QED) is 0.448. The van der Waals surface area contributed by atoms with Crippen LogP contribution in [0.2, 0.25) is 0 Å². The highest BCUT2D eigenvalue weighted by molar-refractivity contribution is 7.17. The highest BCUT2D eigenvalue weighted by Crippen LogP contribution is 2.36. The summed E-state index contributed by atoms with van der Waals surface area (Å²) < 4.78 is 0. The molecule has 4 rings (SSSR count). The summed E-state index contributed by atoms with van der Waals surface area (Å²) in [4.78, 5) is 18.8. The van der Waals surface area contributed by atoms with Gasteiger partial charge in [-0.15, -0.1) is 11.3 Å². The number of pyridine rings is 1. The molecule has 28 heavy (non-hydrogen) atoms. The van der Waals surface area contributed by atoms with Crippen LogP contribution < -0.4 is 5.32 Å². The average molecular weight is 390 g/mol. The molecular weight excluding hydrogens is 372 g/mol. The summed E-state index contributed by atoms with van der Waals surface area (Å²) in [5.41, 5.74) is 3.51. The van der Waals surface area contributed by atoms with Gasteiger partial charge >= 0.3 is 0 Å². The van der Waals surface area contributed by atoms with Gasteiger partial charge in [-0.1, -0.05) is 42.5 Å². The van der Waals surface area contributed by atoms with Crippen LogP contribution in [-0.4, -0.2) is 21.1 Å². The highest BCUT2D eigenvalue weighted by atomic mass is 32.1. The topological polar surface area (TPSA) is 82.5 Å². The molecule has 4 aromatic rings. The Hall–Kier alpha value is -3.06. The van der Waals surface area contributed by atoms with Gasteiger partial charge in [-0.2, -0.15) is 0 Å². The summed E-state index contributed by atoms with van der Waals surface area (Å²) in [6, 6.07) is 18.4. The van der Waals surface area contributed by atoms with Gasteiger partial charge in [0.05, 0.1) is 10.4 Å². The van der Waals surface area contributed by atoms with E-state index in [0.29, 0.717) is 10.6 Å². The van der Waals surface area contributed by atoms with Crippen molar-refractivity contribution in [3.05, 3.63) is 82.9 Å². The van der Waals surface area contributed by atoms with Crippen LogP contribution in [0.25, 0.3) is 21.3 Å². The van der Waals surface area contributed by atoms with E-state index < -0.39 is 6.29 Å². The molecule has 0 aliphatic carbocycles.